The Labute approximate surface area is 167 Å². The number of nitrogens with zero attached hydrogens (tertiary/aromatic N) is 1. The average Bonchev–Trinajstić information content (AvgIpc) is 2.70. The molecule has 1 saturated carbocycles. The Hall–Kier alpha value is -2.39. The van der Waals surface area contributed by atoms with E-state index < -0.39 is 46.0 Å². The van der Waals surface area contributed by atoms with Crippen LogP contribution in [0.2, 0.25) is 0 Å². The Morgan fingerprint density at radius 2 is 1.59 bits per heavy atom. The molecule has 0 heterocycles. The second kappa shape index (κ2) is 8.96. The highest BCUT2D eigenvalue weighted by atomic mass is 32.2. The molecule has 1 N–H and O–H groups in total. The van der Waals surface area contributed by atoms with Crippen LogP contribution in [0.15, 0.2) is 47.4 Å². The number of anilines is 1. The second-order valence-electron chi connectivity index (χ2n) is 6.97. The van der Waals surface area contributed by atoms with Crippen molar-refractivity contribution in [2.24, 2.45) is 0 Å². The van der Waals surface area contributed by atoms with E-state index in [2.05, 4.69) is 5.32 Å². The monoisotopic (exact) mass is 426 g/mol. The summed E-state index contributed by atoms with van der Waals surface area (Å²) in [5.41, 5.74) is -0.363. The van der Waals surface area contributed by atoms with Gasteiger partial charge >= 0.3 is 0 Å². The lowest BCUT2D eigenvalue weighted by Crippen LogP contribution is -2.45. The summed E-state index contributed by atoms with van der Waals surface area (Å²) in [5.74, 6) is -2.92. The van der Waals surface area contributed by atoms with Crippen LogP contribution >= 0.6 is 0 Å². The van der Waals surface area contributed by atoms with Crippen molar-refractivity contribution in [1.29, 1.82) is 0 Å². The van der Waals surface area contributed by atoms with Crippen LogP contribution in [0, 0.1) is 17.5 Å². The molecule has 1 fully saturated rings. The molecule has 0 aromatic heterocycles. The number of halogens is 3. The Balaban J connectivity index is 1.86. The van der Waals surface area contributed by atoms with E-state index >= 15 is 0 Å². The molecule has 3 rings (SSSR count). The Morgan fingerprint density at radius 3 is 2.24 bits per heavy atom. The highest BCUT2D eigenvalue weighted by Crippen LogP contribution is 2.28. The standard InChI is InChI=1S/C20H21F3N2O3S/c21-14-6-9-17(10-7-14)29(27,28)25(16-4-2-1-3-5-16)13-20(26)24-19-12-15(22)8-11-18(19)23/h6-12,16H,1-5,13H2,(H,24,26). The zero-order chi connectivity index (χ0) is 21.0. The van der Waals surface area contributed by atoms with Gasteiger partial charge < -0.3 is 5.32 Å². The normalized spacial score (nSPS) is 15.4. The first-order valence-electron chi connectivity index (χ1n) is 9.29. The van der Waals surface area contributed by atoms with Crippen LogP contribution in [0.5, 0.6) is 0 Å². The van der Waals surface area contributed by atoms with Gasteiger partial charge in [0.15, 0.2) is 0 Å². The first kappa shape index (κ1) is 21.3. The molecular formula is C20H21F3N2O3S. The lowest BCUT2D eigenvalue weighted by molar-refractivity contribution is -0.116. The van der Waals surface area contributed by atoms with E-state index in [9.17, 15) is 26.4 Å². The summed E-state index contributed by atoms with van der Waals surface area (Å²) in [7, 11) is -4.09. The number of carbonyl (C=O) groups excluding carboxylic acids is 1. The second-order valence-corrected chi connectivity index (χ2v) is 8.86. The Kier molecular flexibility index (Phi) is 6.59. The van der Waals surface area contributed by atoms with Crippen LogP contribution in [-0.2, 0) is 14.8 Å². The van der Waals surface area contributed by atoms with Crippen molar-refractivity contribution in [3.8, 4) is 0 Å². The van der Waals surface area contributed by atoms with Gasteiger partial charge in [0.1, 0.15) is 17.5 Å². The van der Waals surface area contributed by atoms with Gasteiger partial charge in [0.2, 0.25) is 15.9 Å². The van der Waals surface area contributed by atoms with E-state index in [-0.39, 0.29) is 10.6 Å². The highest BCUT2D eigenvalue weighted by Gasteiger charge is 2.34. The van der Waals surface area contributed by atoms with Crippen LogP contribution < -0.4 is 5.32 Å². The van der Waals surface area contributed by atoms with Gasteiger partial charge in [-0.25, -0.2) is 21.6 Å². The first-order valence-corrected chi connectivity index (χ1v) is 10.7. The van der Waals surface area contributed by atoms with Gasteiger partial charge in [-0.3, -0.25) is 4.79 Å². The van der Waals surface area contributed by atoms with Gasteiger partial charge in [-0.15, -0.1) is 0 Å². The minimum Gasteiger partial charge on any atom is -0.322 e. The van der Waals surface area contributed by atoms with E-state index in [0.29, 0.717) is 12.8 Å². The lowest BCUT2D eigenvalue weighted by atomic mass is 9.95. The van der Waals surface area contributed by atoms with E-state index in [1.165, 1.54) is 0 Å². The lowest BCUT2D eigenvalue weighted by Gasteiger charge is -2.33. The van der Waals surface area contributed by atoms with Crippen molar-refractivity contribution >= 4 is 21.6 Å². The Morgan fingerprint density at radius 1 is 0.966 bits per heavy atom. The van der Waals surface area contributed by atoms with Crippen molar-refractivity contribution in [3.05, 3.63) is 59.9 Å². The highest BCUT2D eigenvalue weighted by molar-refractivity contribution is 7.89. The third kappa shape index (κ3) is 5.16. The van der Waals surface area contributed by atoms with Crippen molar-refractivity contribution in [1.82, 2.24) is 4.31 Å². The molecule has 0 atom stereocenters. The molecule has 0 spiro atoms. The van der Waals surface area contributed by atoms with Gasteiger partial charge in [0, 0.05) is 12.1 Å². The topological polar surface area (TPSA) is 66.5 Å². The summed E-state index contributed by atoms with van der Waals surface area (Å²) >= 11 is 0. The maximum atomic E-state index is 13.8. The van der Waals surface area contributed by atoms with Crippen molar-refractivity contribution < 1.29 is 26.4 Å². The number of amides is 1. The van der Waals surface area contributed by atoms with E-state index in [4.69, 9.17) is 0 Å². The maximum Gasteiger partial charge on any atom is 0.243 e. The van der Waals surface area contributed by atoms with Gasteiger partial charge in [-0.1, -0.05) is 19.3 Å². The van der Waals surface area contributed by atoms with Crippen LogP contribution in [0.25, 0.3) is 0 Å². The molecule has 1 aliphatic carbocycles. The van der Waals surface area contributed by atoms with E-state index in [1.807, 2.05) is 0 Å². The van der Waals surface area contributed by atoms with E-state index in [0.717, 1.165) is 66.0 Å². The third-order valence-electron chi connectivity index (χ3n) is 4.90. The van der Waals surface area contributed by atoms with Crippen LogP contribution in [-0.4, -0.2) is 31.2 Å². The summed E-state index contributed by atoms with van der Waals surface area (Å²) < 4.78 is 67.7. The van der Waals surface area contributed by atoms with Crippen molar-refractivity contribution in [2.75, 3.05) is 11.9 Å². The maximum absolute atomic E-state index is 13.8. The van der Waals surface area contributed by atoms with Gasteiger partial charge in [0.05, 0.1) is 17.1 Å². The molecule has 156 valence electrons. The molecule has 2 aromatic rings. The molecular weight excluding hydrogens is 405 g/mol. The van der Waals surface area contributed by atoms with Gasteiger partial charge in [0.25, 0.3) is 0 Å². The zero-order valence-corrected chi connectivity index (χ0v) is 16.4. The van der Waals surface area contributed by atoms with Crippen LogP contribution in [0.1, 0.15) is 32.1 Å². The minimum absolute atomic E-state index is 0.130. The molecule has 0 saturated heterocycles. The number of hydrogen-bond donors (Lipinski definition) is 1. The number of hydrogen-bond acceptors (Lipinski definition) is 3. The molecule has 9 heteroatoms. The molecule has 29 heavy (non-hydrogen) atoms. The summed E-state index contributed by atoms with van der Waals surface area (Å²) in [6.07, 6.45) is 3.78. The van der Waals surface area contributed by atoms with Crippen LogP contribution in [0.4, 0.5) is 18.9 Å². The van der Waals surface area contributed by atoms with Gasteiger partial charge in [-0.2, -0.15) is 4.31 Å². The summed E-state index contributed by atoms with van der Waals surface area (Å²) in [4.78, 5) is 12.4. The quantitative estimate of drug-likeness (QED) is 0.757. The summed E-state index contributed by atoms with van der Waals surface area (Å²) in [5, 5.41) is 2.23. The third-order valence-corrected chi connectivity index (χ3v) is 6.82. The minimum atomic E-state index is -4.09. The number of benzene rings is 2. The number of rotatable bonds is 6. The zero-order valence-electron chi connectivity index (χ0n) is 15.6. The van der Waals surface area contributed by atoms with Gasteiger partial charge in [-0.05, 0) is 49.2 Å². The number of nitrogens with one attached hydrogen (secondary N) is 1. The molecule has 0 radical (unpaired) electrons. The number of carbonyl (C=O) groups is 1. The SMILES string of the molecule is O=C(CN(C1CCCCC1)S(=O)(=O)c1ccc(F)cc1)Nc1cc(F)ccc1F. The van der Waals surface area contributed by atoms with Crippen molar-refractivity contribution in [3.63, 3.8) is 0 Å². The molecule has 0 bridgehead atoms. The molecule has 1 amide bonds. The van der Waals surface area contributed by atoms with Crippen molar-refractivity contribution in [2.45, 2.75) is 43.0 Å². The molecule has 0 aliphatic heterocycles. The molecule has 0 unspecified atom stereocenters. The fraction of sp³-hybridized carbons (Fsp3) is 0.350. The predicted molar refractivity (Wildman–Crippen MR) is 102 cm³/mol. The summed E-state index contributed by atoms with van der Waals surface area (Å²) in [6.45, 7) is -0.555. The smallest absolute Gasteiger partial charge is 0.243 e. The number of sulfonamides is 1. The van der Waals surface area contributed by atoms with E-state index in [1.54, 1.807) is 0 Å². The van der Waals surface area contributed by atoms with Crippen LogP contribution in [0.3, 0.4) is 0 Å². The fourth-order valence-corrected chi connectivity index (χ4v) is 5.09. The summed E-state index contributed by atoms with van der Waals surface area (Å²) in [6, 6.07) is 6.57. The predicted octanol–water partition coefficient (Wildman–Crippen LogP) is 4.07. The average molecular weight is 426 g/mol. The molecule has 2 aromatic carbocycles. The molecule has 1 aliphatic rings. The molecule has 5 nitrogen and oxygen atoms in total. The first-order chi connectivity index (χ1) is 13.8. The fourth-order valence-electron chi connectivity index (χ4n) is 3.45. The largest absolute Gasteiger partial charge is 0.322 e. The Bertz CT molecular complexity index is 975.